The first-order chi connectivity index (χ1) is 15.9. The third-order valence-corrected chi connectivity index (χ3v) is 6.47. The molecule has 3 N–H and O–H groups in total. The maximum Gasteiger partial charge on any atom is 0.319 e. The predicted octanol–water partition coefficient (Wildman–Crippen LogP) is 2.45. The summed E-state index contributed by atoms with van der Waals surface area (Å²) in [5.41, 5.74) is 2.05. The lowest BCUT2D eigenvalue weighted by Crippen LogP contribution is -2.53. The number of hydrogen-bond donors (Lipinski definition) is 3. The van der Waals surface area contributed by atoms with Crippen molar-refractivity contribution in [3.05, 3.63) is 54.1 Å². The van der Waals surface area contributed by atoms with Crippen molar-refractivity contribution in [2.45, 2.75) is 37.3 Å². The molecule has 3 aliphatic rings. The van der Waals surface area contributed by atoms with E-state index in [1.165, 1.54) is 0 Å². The number of carbonyl (C=O) groups is 3. The van der Waals surface area contributed by atoms with E-state index >= 15 is 0 Å². The molecular weight excluding hydrogens is 420 g/mol. The topological polar surface area (TPSA) is 102 Å². The molecule has 0 spiro atoms. The van der Waals surface area contributed by atoms with Crippen LogP contribution in [0.3, 0.4) is 0 Å². The van der Waals surface area contributed by atoms with E-state index in [1.54, 1.807) is 9.80 Å². The van der Waals surface area contributed by atoms with Crippen LogP contribution in [0.4, 0.5) is 10.5 Å². The molecule has 1 saturated heterocycles. The standard InChI is InChI=1S/C25H28N4O4/c30-22(28-12-14-29(15-13-28)23(31)25(33)10-11-25)18-6-4-17(5-7-18)19-2-1-3-21(16-19)27-24(32)26-20-8-9-20/h1-7,16,20,33H,8-15H2,(H2,26,27,32). The number of carbonyl (C=O) groups excluding carboxylic acids is 3. The van der Waals surface area contributed by atoms with Crippen LogP contribution in [-0.2, 0) is 4.79 Å². The van der Waals surface area contributed by atoms with Crippen LogP contribution in [0.15, 0.2) is 48.5 Å². The molecule has 33 heavy (non-hydrogen) atoms. The number of nitrogens with one attached hydrogen (secondary N) is 2. The number of amides is 4. The summed E-state index contributed by atoms with van der Waals surface area (Å²) >= 11 is 0. The van der Waals surface area contributed by atoms with E-state index in [9.17, 15) is 19.5 Å². The average molecular weight is 449 g/mol. The molecule has 8 heteroatoms. The van der Waals surface area contributed by atoms with E-state index in [0.29, 0.717) is 56.3 Å². The van der Waals surface area contributed by atoms with Crippen LogP contribution in [-0.4, -0.2) is 70.6 Å². The largest absolute Gasteiger partial charge is 0.380 e. The number of hydrogen-bond acceptors (Lipinski definition) is 4. The van der Waals surface area contributed by atoms with Crippen LogP contribution < -0.4 is 10.6 Å². The minimum atomic E-state index is -1.16. The van der Waals surface area contributed by atoms with Crippen molar-refractivity contribution in [2.75, 3.05) is 31.5 Å². The Morgan fingerprint density at radius 3 is 2.18 bits per heavy atom. The van der Waals surface area contributed by atoms with Crippen molar-refractivity contribution in [1.82, 2.24) is 15.1 Å². The number of anilines is 1. The number of nitrogens with zero attached hydrogens (tertiary/aromatic N) is 2. The number of urea groups is 1. The highest BCUT2D eigenvalue weighted by molar-refractivity contribution is 5.95. The van der Waals surface area contributed by atoms with Gasteiger partial charge in [-0.2, -0.15) is 0 Å². The van der Waals surface area contributed by atoms with Crippen molar-refractivity contribution in [3.8, 4) is 11.1 Å². The fourth-order valence-electron chi connectivity index (χ4n) is 4.08. The van der Waals surface area contributed by atoms with Crippen LogP contribution in [0, 0.1) is 0 Å². The van der Waals surface area contributed by atoms with E-state index in [0.717, 1.165) is 24.0 Å². The van der Waals surface area contributed by atoms with Crippen molar-refractivity contribution in [3.63, 3.8) is 0 Å². The van der Waals surface area contributed by atoms with Gasteiger partial charge in [-0.1, -0.05) is 24.3 Å². The number of piperazine rings is 1. The van der Waals surface area contributed by atoms with Gasteiger partial charge >= 0.3 is 6.03 Å². The third-order valence-electron chi connectivity index (χ3n) is 6.47. The molecule has 0 bridgehead atoms. The highest BCUT2D eigenvalue weighted by atomic mass is 16.3. The second-order valence-electron chi connectivity index (χ2n) is 9.15. The molecule has 8 nitrogen and oxygen atoms in total. The summed E-state index contributed by atoms with van der Waals surface area (Å²) in [6.45, 7) is 1.80. The Hall–Kier alpha value is -3.39. The molecule has 0 atom stereocenters. The highest BCUT2D eigenvalue weighted by Crippen LogP contribution is 2.37. The lowest BCUT2D eigenvalue weighted by atomic mass is 10.0. The van der Waals surface area contributed by atoms with Crippen LogP contribution in [0.1, 0.15) is 36.0 Å². The quantitative estimate of drug-likeness (QED) is 0.654. The molecule has 2 aromatic rings. The molecule has 3 fully saturated rings. The Bertz CT molecular complexity index is 1070. The Balaban J connectivity index is 1.19. The highest BCUT2D eigenvalue weighted by Gasteiger charge is 2.50. The second kappa shape index (κ2) is 8.51. The molecule has 4 amide bonds. The van der Waals surface area contributed by atoms with Gasteiger partial charge in [0.2, 0.25) is 0 Å². The molecule has 172 valence electrons. The average Bonchev–Trinajstić information content (AvgIpc) is 3.77. The van der Waals surface area contributed by atoms with Crippen molar-refractivity contribution in [2.24, 2.45) is 0 Å². The SMILES string of the molecule is O=C(Nc1cccc(-c2ccc(C(=O)N3CCN(C(=O)C4(O)CC4)CC3)cc2)c1)NC1CC1. The van der Waals surface area contributed by atoms with Crippen LogP contribution in [0.5, 0.6) is 0 Å². The van der Waals surface area contributed by atoms with E-state index in [-0.39, 0.29) is 17.8 Å². The normalized spacial score (nSPS) is 19.1. The van der Waals surface area contributed by atoms with Crippen molar-refractivity contribution < 1.29 is 19.5 Å². The van der Waals surface area contributed by atoms with E-state index in [2.05, 4.69) is 10.6 Å². The second-order valence-corrected chi connectivity index (χ2v) is 9.15. The van der Waals surface area contributed by atoms with E-state index in [1.807, 2.05) is 48.5 Å². The zero-order chi connectivity index (χ0) is 23.0. The molecule has 2 aliphatic carbocycles. The van der Waals surface area contributed by atoms with Gasteiger partial charge in [0.05, 0.1) is 0 Å². The molecular formula is C25H28N4O4. The molecule has 2 saturated carbocycles. The number of benzene rings is 2. The van der Waals surface area contributed by atoms with Gasteiger partial charge in [0.15, 0.2) is 0 Å². The summed E-state index contributed by atoms with van der Waals surface area (Å²) in [7, 11) is 0. The number of rotatable bonds is 5. The fourth-order valence-corrected chi connectivity index (χ4v) is 4.08. The summed E-state index contributed by atoms with van der Waals surface area (Å²) in [5.74, 6) is -0.272. The maximum absolute atomic E-state index is 12.9. The van der Waals surface area contributed by atoms with Crippen LogP contribution >= 0.6 is 0 Å². The van der Waals surface area contributed by atoms with Gasteiger partial charge in [0.1, 0.15) is 5.60 Å². The monoisotopic (exact) mass is 448 g/mol. The lowest BCUT2D eigenvalue weighted by Gasteiger charge is -2.35. The predicted molar refractivity (Wildman–Crippen MR) is 124 cm³/mol. The van der Waals surface area contributed by atoms with E-state index < -0.39 is 5.60 Å². The van der Waals surface area contributed by atoms with Gasteiger partial charge in [-0.3, -0.25) is 9.59 Å². The van der Waals surface area contributed by atoms with Crippen LogP contribution in [0.25, 0.3) is 11.1 Å². The van der Waals surface area contributed by atoms with E-state index in [4.69, 9.17) is 0 Å². The molecule has 2 aromatic carbocycles. The lowest BCUT2D eigenvalue weighted by molar-refractivity contribution is -0.143. The molecule has 0 radical (unpaired) electrons. The van der Waals surface area contributed by atoms with Crippen LogP contribution in [0.2, 0.25) is 0 Å². The first-order valence-corrected chi connectivity index (χ1v) is 11.5. The molecule has 0 aromatic heterocycles. The smallest absolute Gasteiger partial charge is 0.319 e. The van der Waals surface area contributed by atoms with Gasteiger partial charge in [0.25, 0.3) is 11.8 Å². The maximum atomic E-state index is 12.9. The summed E-state index contributed by atoms with van der Waals surface area (Å²) in [6, 6.07) is 15.1. The zero-order valence-corrected chi connectivity index (χ0v) is 18.4. The van der Waals surface area contributed by atoms with Gasteiger partial charge in [-0.05, 0) is 61.1 Å². The fraction of sp³-hybridized carbons (Fsp3) is 0.400. The Labute approximate surface area is 192 Å². The number of aliphatic hydroxyl groups is 1. The van der Waals surface area contributed by atoms with Gasteiger partial charge in [0, 0.05) is 43.5 Å². The summed E-state index contributed by atoms with van der Waals surface area (Å²) in [5, 5.41) is 15.8. The molecule has 1 heterocycles. The Morgan fingerprint density at radius 1 is 0.879 bits per heavy atom. The molecule has 0 unspecified atom stereocenters. The van der Waals surface area contributed by atoms with Crippen molar-refractivity contribution >= 4 is 23.5 Å². The Morgan fingerprint density at radius 2 is 1.55 bits per heavy atom. The van der Waals surface area contributed by atoms with Gasteiger partial charge < -0.3 is 25.5 Å². The molecule has 5 rings (SSSR count). The Kier molecular flexibility index (Phi) is 5.54. The van der Waals surface area contributed by atoms with Gasteiger partial charge in [-0.25, -0.2) is 4.79 Å². The third kappa shape index (κ3) is 4.85. The summed E-state index contributed by atoms with van der Waals surface area (Å²) < 4.78 is 0. The zero-order valence-electron chi connectivity index (χ0n) is 18.4. The first kappa shape index (κ1) is 21.5. The van der Waals surface area contributed by atoms with Crippen molar-refractivity contribution in [1.29, 1.82) is 0 Å². The van der Waals surface area contributed by atoms with Gasteiger partial charge in [-0.15, -0.1) is 0 Å². The minimum absolute atomic E-state index is 0.0639. The summed E-state index contributed by atoms with van der Waals surface area (Å²) in [6.07, 6.45) is 3.14. The minimum Gasteiger partial charge on any atom is -0.380 e. The first-order valence-electron chi connectivity index (χ1n) is 11.5. The summed E-state index contributed by atoms with van der Waals surface area (Å²) in [4.78, 5) is 40.6. The molecule has 1 aliphatic heterocycles.